The zero-order valence-corrected chi connectivity index (χ0v) is 24.7. The molecule has 0 bridgehead atoms. The Hall–Kier alpha value is -2.57. The minimum absolute atomic E-state index is 0.0942. The molecule has 8 heteroatoms. The molecular formula is C31H41Cl2N3O3. The quantitative estimate of drug-likeness (QED) is 0.299. The zero-order valence-electron chi connectivity index (χ0n) is 23.2. The van der Waals surface area contributed by atoms with Crippen LogP contribution < -0.4 is 11.1 Å². The average molecular weight is 575 g/mol. The van der Waals surface area contributed by atoms with Crippen molar-refractivity contribution in [2.45, 2.75) is 78.3 Å². The normalized spacial score (nSPS) is 17.5. The molecule has 2 unspecified atom stereocenters. The first-order valence-corrected chi connectivity index (χ1v) is 14.8. The molecule has 3 N–H and O–H groups in total. The molecule has 3 atom stereocenters. The molecule has 0 aromatic heterocycles. The highest BCUT2D eigenvalue weighted by molar-refractivity contribution is 6.36. The molecule has 212 valence electrons. The maximum Gasteiger partial charge on any atom is 0.245 e. The fourth-order valence-electron chi connectivity index (χ4n) is 5.38. The van der Waals surface area contributed by atoms with Crippen LogP contribution >= 0.6 is 23.2 Å². The number of unbranched alkanes of at least 4 members (excludes halogenated alkanes) is 1. The van der Waals surface area contributed by atoms with Crippen molar-refractivity contribution in [1.29, 1.82) is 0 Å². The summed E-state index contributed by atoms with van der Waals surface area (Å²) < 4.78 is 0. The lowest BCUT2D eigenvalue weighted by Gasteiger charge is -2.29. The fraction of sp³-hybridized carbons (Fsp3) is 0.516. The smallest absolute Gasteiger partial charge is 0.245 e. The minimum atomic E-state index is -0.622. The molecule has 1 fully saturated rings. The van der Waals surface area contributed by atoms with E-state index in [4.69, 9.17) is 28.9 Å². The molecule has 0 radical (unpaired) electrons. The first kappa shape index (κ1) is 31.0. The van der Waals surface area contributed by atoms with E-state index in [0.29, 0.717) is 42.4 Å². The van der Waals surface area contributed by atoms with Crippen molar-refractivity contribution in [3.8, 4) is 11.1 Å². The van der Waals surface area contributed by atoms with Crippen LogP contribution in [0.5, 0.6) is 0 Å². The van der Waals surface area contributed by atoms with Crippen LogP contribution in [-0.4, -0.2) is 35.2 Å². The van der Waals surface area contributed by atoms with Gasteiger partial charge in [0.15, 0.2) is 0 Å². The molecule has 3 rings (SSSR count). The molecule has 0 aliphatic carbocycles. The van der Waals surface area contributed by atoms with Gasteiger partial charge in [-0.15, -0.1) is 0 Å². The Morgan fingerprint density at radius 1 is 1.10 bits per heavy atom. The Kier molecular flexibility index (Phi) is 11.7. The van der Waals surface area contributed by atoms with Crippen LogP contribution in [0.3, 0.4) is 0 Å². The van der Waals surface area contributed by atoms with Gasteiger partial charge in [-0.25, -0.2) is 0 Å². The molecule has 3 amide bonds. The number of benzene rings is 2. The number of nitrogens with one attached hydrogen (secondary N) is 1. The predicted molar refractivity (Wildman–Crippen MR) is 158 cm³/mol. The Bertz CT molecular complexity index is 1150. The van der Waals surface area contributed by atoms with E-state index < -0.39 is 23.8 Å². The molecule has 0 saturated carbocycles. The van der Waals surface area contributed by atoms with E-state index in [1.54, 1.807) is 12.1 Å². The third kappa shape index (κ3) is 8.71. The molecule has 39 heavy (non-hydrogen) atoms. The first-order chi connectivity index (χ1) is 18.6. The SMILES string of the molecule is CCCCC(C(N)=O)C(CC(C)C)C(=O)N[C@H]1CCCCN(Cc2cccc(-c3ccc(Cl)cc3Cl)c2)C1=O. The molecule has 1 aliphatic rings. The molecule has 6 nitrogen and oxygen atoms in total. The fourth-order valence-corrected chi connectivity index (χ4v) is 5.90. The van der Waals surface area contributed by atoms with Crippen molar-refractivity contribution in [3.05, 3.63) is 58.1 Å². The second kappa shape index (κ2) is 14.7. The number of carbonyl (C=O) groups excluding carboxylic acids is 3. The number of likely N-dealkylation sites (tertiary alicyclic amines) is 1. The van der Waals surface area contributed by atoms with Gasteiger partial charge in [0.1, 0.15) is 6.04 Å². The molecule has 1 heterocycles. The van der Waals surface area contributed by atoms with Gasteiger partial charge in [0.25, 0.3) is 0 Å². The van der Waals surface area contributed by atoms with E-state index >= 15 is 0 Å². The second-order valence-corrected chi connectivity index (χ2v) is 11.9. The monoisotopic (exact) mass is 573 g/mol. The lowest BCUT2D eigenvalue weighted by molar-refractivity contribution is -0.139. The summed E-state index contributed by atoms with van der Waals surface area (Å²) >= 11 is 12.5. The van der Waals surface area contributed by atoms with Crippen LogP contribution in [0.25, 0.3) is 11.1 Å². The maximum absolute atomic E-state index is 13.6. The topological polar surface area (TPSA) is 92.5 Å². The van der Waals surface area contributed by atoms with Gasteiger partial charge in [0, 0.05) is 40.5 Å². The van der Waals surface area contributed by atoms with Gasteiger partial charge in [-0.05, 0) is 67.3 Å². The van der Waals surface area contributed by atoms with E-state index in [2.05, 4.69) is 5.32 Å². The number of primary amides is 1. The standard InChI is InChI=1S/C31H41Cl2N3O3/c1-4-5-11-25(29(34)37)26(16-20(2)3)30(38)35-28-12-6-7-15-36(31(28)39)19-21-9-8-10-22(17-21)24-14-13-23(32)18-27(24)33/h8-10,13-14,17-18,20,25-26,28H,4-7,11-12,15-16,19H2,1-3H3,(H2,34,37)(H,35,38)/t25?,26?,28-/m0/s1. The van der Waals surface area contributed by atoms with Gasteiger partial charge < -0.3 is 16.0 Å². The van der Waals surface area contributed by atoms with Gasteiger partial charge in [-0.2, -0.15) is 0 Å². The molecule has 2 aromatic rings. The molecule has 2 aromatic carbocycles. The van der Waals surface area contributed by atoms with Crippen molar-refractivity contribution in [2.75, 3.05) is 6.54 Å². The Morgan fingerprint density at radius 3 is 2.54 bits per heavy atom. The lowest BCUT2D eigenvalue weighted by Crippen LogP contribution is -2.50. The summed E-state index contributed by atoms with van der Waals surface area (Å²) in [5.74, 6) is -1.65. The van der Waals surface area contributed by atoms with Crippen molar-refractivity contribution in [3.63, 3.8) is 0 Å². The largest absolute Gasteiger partial charge is 0.369 e. The van der Waals surface area contributed by atoms with Gasteiger partial charge in [-0.3, -0.25) is 14.4 Å². The summed E-state index contributed by atoms with van der Waals surface area (Å²) in [5, 5.41) is 4.17. The number of amides is 3. The van der Waals surface area contributed by atoms with Gasteiger partial charge in [0.2, 0.25) is 17.7 Å². The van der Waals surface area contributed by atoms with E-state index in [1.165, 1.54) is 0 Å². The number of nitrogens with two attached hydrogens (primary N) is 1. The molecular weight excluding hydrogens is 533 g/mol. The van der Waals surface area contributed by atoms with E-state index in [9.17, 15) is 14.4 Å². The molecule has 1 saturated heterocycles. The number of hydrogen-bond donors (Lipinski definition) is 2. The number of rotatable bonds is 12. The van der Waals surface area contributed by atoms with Crippen molar-refractivity contribution >= 4 is 40.9 Å². The maximum atomic E-state index is 13.6. The van der Waals surface area contributed by atoms with E-state index in [1.807, 2.05) is 56.0 Å². The van der Waals surface area contributed by atoms with Gasteiger partial charge >= 0.3 is 0 Å². The average Bonchev–Trinajstić information content (AvgIpc) is 3.04. The van der Waals surface area contributed by atoms with Crippen LogP contribution in [0.1, 0.15) is 71.3 Å². The van der Waals surface area contributed by atoms with Crippen molar-refractivity contribution < 1.29 is 14.4 Å². The summed E-state index contributed by atoms with van der Waals surface area (Å²) in [4.78, 5) is 41.3. The van der Waals surface area contributed by atoms with E-state index in [0.717, 1.165) is 42.4 Å². The summed E-state index contributed by atoms with van der Waals surface area (Å²) in [5.41, 5.74) is 8.54. The number of carbonyl (C=O) groups is 3. The first-order valence-electron chi connectivity index (χ1n) is 14.0. The minimum Gasteiger partial charge on any atom is -0.369 e. The summed E-state index contributed by atoms with van der Waals surface area (Å²) in [7, 11) is 0. The lowest BCUT2D eigenvalue weighted by atomic mass is 9.81. The van der Waals surface area contributed by atoms with Crippen LogP contribution in [0, 0.1) is 17.8 Å². The van der Waals surface area contributed by atoms with Crippen molar-refractivity contribution in [2.24, 2.45) is 23.5 Å². The molecule has 1 aliphatic heterocycles. The number of hydrogen-bond acceptors (Lipinski definition) is 3. The van der Waals surface area contributed by atoms with Crippen molar-refractivity contribution in [1.82, 2.24) is 10.2 Å². The highest BCUT2D eigenvalue weighted by atomic mass is 35.5. The van der Waals surface area contributed by atoms with Gasteiger partial charge in [0.05, 0.1) is 0 Å². The Morgan fingerprint density at radius 2 is 1.87 bits per heavy atom. The third-order valence-electron chi connectivity index (χ3n) is 7.42. The number of nitrogens with zero attached hydrogens (tertiary/aromatic N) is 1. The van der Waals surface area contributed by atoms with Crippen LogP contribution in [0.15, 0.2) is 42.5 Å². The Labute approximate surface area is 242 Å². The number of halogens is 2. The molecule has 0 spiro atoms. The predicted octanol–water partition coefficient (Wildman–Crippen LogP) is 6.61. The van der Waals surface area contributed by atoms with Crippen LogP contribution in [0.2, 0.25) is 10.0 Å². The highest BCUT2D eigenvalue weighted by Crippen LogP contribution is 2.31. The van der Waals surface area contributed by atoms with Crippen LogP contribution in [0.4, 0.5) is 0 Å². The highest BCUT2D eigenvalue weighted by Gasteiger charge is 2.36. The van der Waals surface area contributed by atoms with E-state index in [-0.39, 0.29) is 17.7 Å². The third-order valence-corrected chi connectivity index (χ3v) is 7.97. The zero-order chi connectivity index (χ0) is 28.5. The summed E-state index contributed by atoms with van der Waals surface area (Å²) in [6, 6.07) is 12.7. The summed E-state index contributed by atoms with van der Waals surface area (Å²) in [6.45, 7) is 7.16. The second-order valence-electron chi connectivity index (χ2n) is 11.0. The summed E-state index contributed by atoms with van der Waals surface area (Å²) in [6.07, 6.45) is 5.14. The van der Waals surface area contributed by atoms with Crippen LogP contribution in [-0.2, 0) is 20.9 Å². The Balaban J connectivity index is 1.76. The van der Waals surface area contributed by atoms with Gasteiger partial charge in [-0.1, -0.05) is 81.1 Å².